The standard InChI is InChI=1S/C16H32O2S.Ca.2H/c1-4-7-8-9-10-11-12-13-14(5-2)16(19,6-3)15(17)18;;;/h14,19H,4-13H2,1-3H3,(H,17,18);;;/q;+2;2*-1. The largest absolute Gasteiger partial charge is 2.00 e. The second-order valence-corrected chi connectivity index (χ2v) is 6.40. The van der Waals surface area contributed by atoms with Crippen molar-refractivity contribution in [2.75, 3.05) is 0 Å². The zero-order valence-corrected chi connectivity index (χ0v) is 16.8. The molecule has 4 heteroatoms. The van der Waals surface area contributed by atoms with E-state index in [9.17, 15) is 9.90 Å². The van der Waals surface area contributed by atoms with Crippen LogP contribution in [0.15, 0.2) is 0 Å². The Hall–Kier alpha value is 1.08. The molecule has 0 bridgehead atoms. The molecular weight excluding hydrogens is 296 g/mol. The summed E-state index contributed by atoms with van der Waals surface area (Å²) in [5.74, 6) is -0.567. The first-order chi connectivity index (χ1) is 9.02. The SMILES string of the molecule is CCCCCCCCCC(CC)C(S)(CC)C(=O)O.[Ca+2].[H-].[H-]. The molecule has 0 saturated carbocycles. The van der Waals surface area contributed by atoms with Gasteiger partial charge >= 0.3 is 43.7 Å². The zero-order valence-electron chi connectivity index (χ0n) is 15.7. The van der Waals surface area contributed by atoms with Crippen LogP contribution in [-0.4, -0.2) is 53.6 Å². The minimum atomic E-state index is -0.836. The van der Waals surface area contributed by atoms with Crippen molar-refractivity contribution >= 4 is 56.3 Å². The molecule has 0 aliphatic carbocycles. The molecular formula is C16H34CaO2S. The molecule has 0 fully saturated rings. The summed E-state index contributed by atoms with van der Waals surface area (Å²) < 4.78 is -0.836. The van der Waals surface area contributed by atoms with Gasteiger partial charge in [0.2, 0.25) is 0 Å². The van der Waals surface area contributed by atoms with Crippen molar-refractivity contribution in [3.8, 4) is 0 Å². The maximum absolute atomic E-state index is 11.4. The maximum atomic E-state index is 11.4. The van der Waals surface area contributed by atoms with Crippen LogP contribution in [0.4, 0.5) is 0 Å². The second kappa shape index (κ2) is 13.7. The van der Waals surface area contributed by atoms with Crippen LogP contribution in [0.1, 0.15) is 87.8 Å². The molecule has 0 heterocycles. The molecule has 0 aromatic heterocycles. The first kappa shape index (κ1) is 23.3. The van der Waals surface area contributed by atoms with Crippen molar-refractivity contribution in [2.24, 2.45) is 5.92 Å². The minimum Gasteiger partial charge on any atom is -1.00 e. The number of rotatable bonds is 12. The number of unbranched alkanes of at least 4 members (excludes halogenated alkanes) is 6. The van der Waals surface area contributed by atoms with Crippen molar-refractivity contribution in [1.29, 1.82) is 0 Å². The van der Waals surface area contributed by atoms with E-state index in [2.05, 4.69) is 26.5 Å². The number of aliphatic carboxylic acids is 1. The molecule has 0 aromatic rings. The van der Waals surface area contributed by atoms with Crippen molar-refractivity contribution in [1.82, 2.24) is 0 Å². The normalized spacial score (nSPS) is 15.2. The maximum Gasteiger partial charge on any atom is 2.00 e. The van der Waals surface area contributed by atoms with Gasteiger partial charge in [-0.25, -0.2) is 0 Å². The van der Waals surface area contributed by atoms with Gasteiger partial charge in [0.25, 0.3) is 0 Å². The molecule has 0 amide bonds. The molecule has 0 radical (unpaired) electrons. The van der Waals surface area contributed by atoms with Crippen LogP contribution in [0.5, 0.6) is 0 Å². The Bertz CT molecular complexity index is 258. The van der Waals surface area contributed by atoms with Crippen LogP contribution in [0, 0.1) is 5.92 Å². The first-order valence-corrected chi connectivity index (χ1v) is 8.43. The van der Waals surface area contributed by atoms with E-state index in [1.54, 1.807) is 0 Å². The van der Waals surface area contributed by atoms with Gasteiger partial charge in [-0.3, -0.25) is 4.79 Å². The fourth-order valence-electron chi connectivity index (χ4n) is 2.74. The molecule has 0 saturated heterocycles. The van der Waals surface area contributed by atoms with E-state index in [0.717, 1.165) is 19.3 Å². The summed E-state index contributed by atoms with van der Waals surface area (Å²) in [5.41, 5.74) is 0. The molecule has 1 N–H and O–H groups in total. The van der Waals surface area contributed by atoms with Crippen molar-refractivity contribution in [3.63, 3.8) is 0 Å². The van der Waals surface area contributed by atoms with Crippen LogP contribution in [0.2, 0.25) is 0 Å². The molecule has 2 nitrogen and oxygen atoms in total. The fraction of sp³-hybridized carbons (Fsp3) is 0.938. The molecule has 0 aromatic carbocycles. The van der Waals surface area contributed by atoms with Crippen LogP contribution in [0.25, 0.3) is 0 Å². The topological polar surface area (TPSA) is 37.3 Å². The van der Waals surface area contributed by atoms with Gasteiger partial charge in [-0.1, -0.05) is 72.1 Å². The Kier molecular flexibility index (Phi) is 16.0. The number of carboxylic acid groups (broad SMARTS) is 1. The smallest absolute Gasteiger partial charge is 1.00 e. The van der Waals surface area contributed by atoms with Gasteiger partial charge in [0, 0.05) is 0 Å². The zero-order chi connectivity index (χ0) is 14.7. The third kappa shape index (κ3) is 8.50. The quantitative estimate of drug-likeness (QED) is 0.294. The Morgan fingerprint density at radius 2 is 1.60 bits per heavy atom. The van der Waals surface area contributed by atoms with Gasteiger partial charge in [0.15, 0.2) is 0 Å². The minimum absolute atomic E-state index is 0. The average molecular weight is 331 g/mol. The van der Waals surface area contributed by atoms with E-state index >= 15 is 0 Å². The fourth-order valence-corrected chi connectivity index (χ4v) is 3.05. The van der Waals surface area contributed by atoms with Crippen LogP contribution < -0.4 is 0 Å². The van der Waals surface area contributed by atoms with Crippen molar-refractivity contribution in [3.05, 3.63) is 0 Å². The summed E-state index contributed by atoms with van der Waals surface area (Å²) >= 11 is 4.46. The van der Waals surface area contributed by atoms with Crippen LogP contribution >= 0.6 is 12.6 Å². The number of carbonyl (C=O) groups is 1. The second-order valence-electron chi connectivity index (χ2n) is 5.60. The summed E-state index contributed by atoms with van der Waals surface area (Å²) in [6.07, 6.45) is 11.4. The van der Waals surface area contributed by atoms with E-state index < -0.39 is 10.7 Å². The monoisotopic (exact) mass is 330 g/mol. The first-order valence-electron chi connectivity index (χ1n) is 7.98. The average Bonchev–Trinajstić information content (AvgIpc) is 2.41. The summed E-state index contributed by atoms with van der Waals surface area (Å²) in [7, 11) is 0. The molecule has 2 atom stereocenters. The van der Waals surface area contributed by atoms with Crippen molar-refractivity contribution < 1.29 is 12.8 Å². The molecule has 0 aliphatic rings. The summed E-state index contributed by atoms with van der Waals surface area (Å²) in [4.78, 5) is 11.4. The number of hydrogen-bond acceptors (Lipinski definition) is 2. The van der Waals surface area contributed by atoms with E-state index in [1.807, 2.05) is 6.92 Å². The summed E-state index contributed by atoms with van der Waals surface area (Å²) in [6, 6.07) is 0. The van der Waals surface area contributed by atoms with Gasteiger partial charge in [0.1, 0.15) is 4.75 Å². The van der Waals surface area contributed by atoms with E-state index in [4.69, 9.17) is 0 Å². The van der Waals surface area contributed by atoms with Crippen LogP contribution in [-0.2, 0) is 4.79 Å². The molecule has 0 rings (SSSR count). The molecule has 118 valence electrons. The van der Waals surface area contributed by atoms with Crippen LogP contribution in [0.3, 0.4) is 0 Å². The third-order valence-corrected chi connectivity index (χ3v) is 5.11. The summed E-state index contributed by atoms with van der Waals surface area (Å²) in [6.45, 7) is 6.23. The summed E-state index contributed by atoms with van der Waals surface area (Å²) in [5, 5.41) is 9.36. The van der Waals surface area contributed by atoms with Gasteiger partial charge in [-0.15, -0.1) is 0 Å². The Morgan fingerprint density at radius 3 is 2.00 bits per heavy atom. The van der Waals surface area contributed by atoms with Gasteiger partial charge in [-0.05, 0) is 18.8 Å². The molecule has 0 spiro atoms. The van der Waals surface area contributed by atoms with E-state index in [1.165, 1.54) is 38.5 Å². The Labute approximate surface area is 163 Å². The Balaban J connectivity index is -0.000000540. The number of hydrogen-bond donors (Lipinski definition) is 2. The van der Waals surface area contributed by atoms with Crippen molar-refractivity contribution in [2.45, 2.75) is 89.7 Å². The predicted molar refractivity (Wildman–Crippen MR) is 94.0 cm³/mol. The van der Waals surface area contributed by atoms with E-state index in [0.29, 0.717) is 6.42 Å². The van der Waals surface area contributed by atoms with Gasteiger partial charge < -0.3 is 7.96 Å². The molecule has 0 aliphatic heterocycles. The third-order valence-electron chi connectivity index (χ3n) is 4.23. The molecule has 20 heavy (non-hydrogen) atoms. The molecule has 2 unspecified atom stereocenters. The number of carboxylic acids is 1. The van der Waals surface area contributed by atoms with E-state index in [-0.39, 0.29) is 46.5 Å². The van der Waals surface area contributed by atoms with Gasteiger partial charge in [-0.2, -0.15) is 12.6 Å². The Morgan fingerprint density at radius 1 is 1.10 bits per heavy atom. The predicted octanol–water partition coefficient (Wildman–Crippen LogP) is 5.16. The number of thiol groups is 1. The van der Waals surface area contributed by atoms with Gasteiger partial charge in [0.05, 0.1) is 0 Å².